The summed E-state index contributed by atoms with van der Waals surface area (Å²) in [5.74, 6) is 4.89. The molecule has 4 saturated carbocycles. The van der Waals surface area contributed by atoms with Crippen molar-refractivity contribution in [2.75, 3.05) is 38.0 Å². The summed E-state index contributed by atoms with van der Waals surface area (Å²) < 4.78 is 17.3. The van der Waals surface area contributed by atoms with Crippen LogP contribution < -0.4 is 0 Å². The molecule has 53 heavy (non-hydrogen) atoms. The Morgan fingerprint density at radius 1 is 0.679 bits per heavy atom. The fourth-order valence-corrected chi connectivity index (χ4v) is 16.6. The van der Waals surface area contributed by atoms with Crippen molar-refractivity contribution in [3.63, 3.8) is 0 Å². The molecular formula is C45H79IN2O4S. The third-order valence-electron chi connectivity index (χ3n) is 12.3. The summed E-state index contributed by atoms with van der Waals surface area (Å²) >= 11 is 0.750. The molecule has 0 aromatic carbocycles. The average molecular weight is 871 g/mol. The predicted molar refractivity (Wildman–Crippen MR) is 233 cm³/mol. The van der Waals surface area contributed by atoms with Gasteiger partial charge in [0, 0.05) is 0 Å². The van der Waals surface area contributed by atoms with Gasteiger partial charge in [-0.2, -0.15) is 0 Å². The Morgan fingerprint density at radius 2 is 1.25 bits per heavy atom. The number of rotatable bonds is 34. The molecule has 1 aromatic rings. The topological polar surface area (TPSA) is 70.4 Å². The third-order valence-corrected chi connectivity index (χ3v) is 20.0. The number of hydrogen-bond acceptors (Lipinski definition) is 6. The maximum atomic E-state index is 12.7. The Labute approximate surface area is 337 Å². The molecule has 0 atom stereocenters. The molecule has 0 N–H and O–H groups in total. The van der Waals surface area contributed by atoms with Gasteiger partial charge in [-0.15, -0.1) is 0 Å². The maximum absolute atomic E-state index is 12.7. The molecule has 4 aliphatic carbocycles. The van der Waals surface area contributed by atoms with Crippen LogP contribution in [-0.4, -0.2) is 59.5 Å². The van der Waals surface area contributed by atoms with Gasteiger partial charge in [0.05, 0.1) is 0 Å². The van der Waals surface area contributed by atoms with Crippen LogP contribution in [0.1, 0.15) is 180 Å². The number of carbonyl (C=O) groups is 2. The van der Waals surface area contributed by atoms with E-state index in [9.17, 15) is 9.59 Å². The van der Waals surface area contributed by atoms with Crippen molar-refractivity contribution in [2.45, 2.75) is 187 Å². The van der Waals surface area contributed by atoms with Crippen molar-refractivity contribution in [3.8, 4) is 0 Å². The molecule has 0 saturated heterocycles. The van der Waals surface area contributed by atoms with Crippen LogP contribution in [0.4, 0.5) is 0 Å². The van der Waals surface area contributed by atoms with E-state index in [0.717, 1.165) is 47.3 Å². The molecule has 8 heteroatoms. The summed E-state index contributed by atoms with van der Waals surface area (Å²) in [6.45, 7) is 4.49. The zero-order chi connectivity index (χ0) is 37.2. The van der Waals surface area contributed by atoms with Crippen molar-refractivity contribution in [2.24, 2.45) is 23.2 Å². The summed E-state index contributed by atoms with van der Waals surface area (Å²) in [5, 5.41) is 0. The molecule has 4 fully saturated rings. The monoisotopic (exact) mass is 870 g/mol. The van der Waals surface area contributed by atoms with Crippen molar-refractivity contribution in [1.29, 1.82) is 0 Å². The molecule has 5 rings (SSSR count). The van der Waals surface area contributed by atoms with Gasteiger partial charge in [-0.3, -0.25) is 0 Å². The van der Waals surface area contributed by atoms with E-state index in [1.54, 1.807) is 0 Å². The Hall–Kier alpha value is -0.770. The zero-order valence-corrected chi connectivity index (χ0v) is 37.0. The number of hydrogen-bond donors (Lipinski definition) is 0. The van der Waals surface area contributed by atoms with Crippen molar-refractivity contribution in [1.82, 2.24) is 9.55 Å². The van der Waals surface area contributed by atoms with Crippen LogP contribution in [0.2, 0.25) is 0 Å². The Kier molecular flexibility index (Phi) is 23.5. The first-order valence-electron chi connectivity index (χ1n) is 22.5. The number of nitrogens with zero attached hydrogens (tertiary/aromatic N) is 2. The van der Waals surface area contributed by atoms with Gasteiger partial charge in [0.1, 0.15) is 0 Å². The molecule has 1 heterocycles. The van der Waals surface area contributed by atoms with Gasteiger partial charge < -0.3 is 0 Å². The Balaban J connectivity index is 0.954. The van der Waals surface area contributed by atoms with Crippen LogP contribution in [0.3, 0.4) is 0 Å². The van der Waals surface area contributed by atoms with Crippen LogP contribution in [0.15, 0.2) is 18.7 Å². The van der Waals surface area contributed by atoms with Crippen molar-refractivity contribution < 1.29 is 19.1 Å². The van der Waals surface area contributed by atoms with E-state index >= 15 is 0 Å². The van der Waals surface area contributed by atoms with Gasteiger partial charge in [0.25, 0.3) is 0 Å². The van der Waals surface area contributed by atoms with E-state index in [1.165, 1.54) is 162 Å². The number of unbranched alkanes of at least 4 members (excludes halogenated alkanes) is 16. The summed E-state index contributed by atoms with van der Waals surface area (Å²) in [5.41, 5.74) is 0.289. The fraction of sp³-hybridized carbons (Fsp3) is 0.889. The van der Waals surface area contributed by atoms with Gasteiger partial charge >= 0.3 is 224 Å². The first-order valence-corrected chi connectivity index (χ1v) is 28.2. The van der Waals surface area contributed by atoms with E-state index in [2.05, 4.69) is 22.7 Å². The van der Waals surface area contributed by atoms with Gasteiger partial charge in [0.2, 0.25) is 0 Å². The SMILES string of the molecule is CCCCCCCCCCCCCCSCCOC(=O)CCI(CCCCCCCCOC(=O)CC12CC3CC(CC(C3)C1)C2)CCCn1ccnc1. The van der Waals surface area contributed by atoms with E-state index < -0.39 is 19.8 Å². The predicted octanol–water partition coefficient (Wildman–Crippen LogP) is 12.6. The van der Waals surface area contributed by atoms with Crippen molar-refractivity contribution in [3.05, 3.63) is 18.7 Å². The fourth-order valence-electron chi connectivity index (χ4n) is 9.92. The summed E-state index contributed by atoms with van der Waals surface area (Å²) in [4.78, 5) is 29.5. The normalized spacial score (nSPS) is 22.0. The number of imidazole rings is 1. The number of aryl methyl sites for hydroxylation is 1. The molecule has 0 unspecified atom stereocenters. The molecule has 0 radical (unpaired) electrons. The summed E-state index contributed by atoms with van der Waals surface area (Å²) in [6, 6.07) is 0. The van der Waals surface area contributed by atoms with Gasteiger partial charge in [-0.05, 0) is 56.3 Å². The number of esters is 2. The number of carbonyl (C=O) groups excluding carboxylic acids is 2. The van der Waals surface area contributed by atoms with E-state index in [4.69, 9.17) is 9.47 Å². The van der Waals surface area contributed by atoms with Crippen LogP contribution in [0.5, 0.6) is 0 Å². The van der Waals surface area contributed by atoms with E-state index in [-0.39, 0.29) is 17.4 Å². The first kappa shape index (κ1) is 44.9. The number of halogens is 1. The molecule has 0 aliphatic heterocycles. The molecule has 4 bridgehead atoms. The molecule has 0 amide bonds. The molecule has 1 aromatic heterocycles. The molecule has 306 valence electrons. The third kappa shape index (κ3) is 19.8. The second kappa shape index (κ2) is 27.8. The van der Waals surface area contributed by atoms with E-state index in [0.29, 0.717) is 26.1 Å². The van der Waals surface area contributed by atoms with E-state index in [1.807, 2.05) is 24.3 Å². The quantitative estimate of drug-likeness (QED) is 0.0297. The molecular weight excluding hydrogens is 791 g/mol. The standard InChI is InChI=1S/C45H79IN2O4S/c1-2-3-4-5-6-7-8-9-10-13-16-19-30-53-31-29-52-43(49)21-24-46(23-20-26-48-27-25-47-39-48)22-17-14-11-12-15-18-28-51-44(50)38-45-35-40-32-41(36-45)34-42(33-40)37-45/h25,27,39-42H,2-24,26,28-38H2,1H3. The van der Waals surface area contributed by atoms with Crippen LogP contribution >= 0.6 is 31.6 Å². The van der Waals surface area contributed by atoms with Crippen LogP contribution in [-0.2, 0) is 25.6 Å². The minimum atomic E-state index is -1.20. The second-order valence-electron chi connectivity index (χ2n) is 17.2. The minimum absolute atomic E-state index is 0.0199. The van der Waals surface area contributed by atoms with Gasteiger partial charge in [0.15, 0.2) is 0 Å². The summed E-state index contributed by atoms with van der Waals surface area (Å²) in [6.07, 6.45) is 40.4. The second-order valence-corrected chi connectivity index (χ2v) is 24.9. The zero-order valence-electron chi connectivity index (χ0n) is 34.0. The van der Waals surface area contributed by atoms with Gasteiger partial charge in [-0.25, -0.2) is 0 Å². The van der Waals surface area contributed by atoms with Crippen LogP contribution in [0.25, 0.3) is 0 Å². The Bertz CT molecular complexity index is 1050. The average Bonchev–Trinajstić information content (AvgIpc) is 3.65. The number of thioether (sulfide) groups is 1. The summed E-state index contributed by atoms with van der Waals surface area (Å²) in [7, 11) is 0. The van der Waals surface area contributed by atoms with Crippen LogP contribution in [0, 0.1) is 23.2 Å². The van der Waals surface area contributed by atoms with Gasteiger partial charge in [-0.1, -0.05) is 58.3 Å². The molecule has 6 nitrogen and oxygen atoms in total. The Morgan fingerprint density at radius 3 is 1.87 bits per heavy atom. The number of alkyl halides is 3. The molecule has 4 aliphatic rings. The number of aromatic nitrogens is 2. The first-order chi connectivity index (χ1) is 26.0. The molecule has 0 spiro atoms. The number of ether oxygens (including phenoxy) is 2. The van der Waals surface area contributed by atoms with Crippen molar-refractivity contribution >= 4 is 43.5 Å².